The van der Waals surface area contributed by atoms with Crippen LogP contribution in [-0.2, 0) is 0 Å². The number of benzene rings is 1. The van der Waals surface area contributed by atoms with E-state index in [0.29, 0.717) is 5.92 Å². The van der Waals surface area contributed by atoms with Crippen molar-refractivity contribution in [3.63, 3.8) is 0 Å². The fourth-order valence-corrected chi connectivity index (χ4v) is 5.45. The molecule has 0 radical (unpaired) electrons. The highest BCUT2D eigenvalue weighted by molar-refractivity contribution is 7.13. The molecule has 0 unspecified atom stereocenters. The summed E-state index contributed by atoms with van der Waals surface area (Å²) in [6, 6.07) is 8.59. The Bertz CT molecular complexity index is 1090. The molecule has 6 heteroatoms. The van der Waals surface area contributed by atoms with Gasteiger partial charge >= 0.3 is 0 Å². The van der Waals surface area contributed by atoms with Gasteiger partial charge in [0.1, 0.15) is 5.82 Å². The average Bonchev–Trinajstić information content (AvgIpc) is 3.53. The van der Waals surface area contributed by atoms with Gasteiger partial charge in [-0.3, -0.25) is 9.88 Å². The molecular weight excluding hydrogens is 414 g/mol. The highest BCUT2D eigenvalue weighted by Gasteiger charge is 2.23. The number of anilines is 1. The molecule has 0 amide bonds. The van der Waals surface area contributed by atoms with Crippen molar-refractivity contribution < 1.29 is 0 Å². The van der Waals surface area contributed by atoms with Crippen LogP contribution < -0.4 is 5.32 Å². The normalized spacial score (nSPS) is 17.7. The minimum absolute atomic E-state index is 0.465. The van der Waals surface area contributed by atoms with Gasteiger partial charge < -0.3 is 10.2 Å². The smallest absolute Gasteiger partial charge is 0.130 e. The van der Waals surface area contributed by atoms with Crippen molar-refractivity contribution in [2.24, 2.45) is 5.92 Å². The molecule has 0 spiro atoms. The lowest BCUT2D eigenvalue weighted by molar-refractivity contribution is 0.222. The molecule has 0 bridgehead atoms. The van der Waals surface area contributed by atoms with E-state index in [0.717, 1.165) is 49.4 Å². The number of nitrogens with zero attached hydrogens (tertiary/aromatic N) is 4. The van der Waals surface area contributed by atoms with Crippen LogP contribution in [0.4, 0.5) is 5.82 Å². The van der Waals surface area contributed by atoms with Crippen molar-refractivity contribution in [3.8, 4) is 10.4 Å². The first-order valence-electron chi connectivity index (χ1n) is 11.6. The summed E-state index contributed by atoms with van der Waals surface area (Å²) >= 11 is 1.66. The Morgan fingerprint density at radius 2 is 1.84 bits per heavy atom. The molecule has 32 heavy (non-hydrogen) atoms. The van der Waals surface area contributed by atoms with Crippen LogP contribution in [0.15, 0.2) is 66.7 Å². The van der Waals surface area contributed by atoms with E-state index in [1.54, 1.807) is 11.3 Å². The van der Waals surface area contributed by atoms with E-state index < -0.39 is 0 Å². The third-order valence-corrected chi connectivity index (χ3v) is 7.59. The van der Waals surface area contributed by atoms with Crippen LogP contribution in [0.5, 0.6) is 0 Å². The maximum Gasteiger partial charge on any atom is 0.130 e. The number of thiazole rings is 1. The molecule has 0 aliphatic carbocycles. The number of fused-ring (bicyclic) bond motifs is 1. The zero-order valence-electron chi connectivity index (χ0n) is 18.6. The molecule has 166 valence electrons. The van der Waals surface area contributed by atoms with Crippen LogP contribution in [-0.4, -0.2) is 52.5 Å². The monoisotopic (exact) mass is 445 g/mol. The van der Waals surface area contributed by atoms with E-state index in [1.165, 1.54) is 47.5 Å². The van der Waals surface area contributed by atoms with Gasteiger partial charge in [0, 0.05) is 54.7 Å². The number of rotatable bonds is 7. The molecule has 2 fully saturated rings. The second kappa shape index (κ2) is 9.43. The van der Waals surface area contributed by atoms with Gasteiger partial charge in [0.2, 0.25) is 0 Å². The third kappa shape index (κ3) is 4.71. The van der Waals surface area contributed by atoms with Gasteiger partial charge in [-0.25, -0.2) is 4.98 Å². The maximum atomic E-state index is 4.62. The number of likely N-dealkylation sites (tertiary alicyclic amines) is 2. The van der Waals surface area contributed by atoms with E-state index >= 15 is 0 Å². The summed E-state index contributed by atoms with van der Waals surface area (Å²) < 4.78 is 0. The van der Waals surface area contributed by atoms with Gasteiger partial charge in [-0.1, -0.05) is 25.3 Å². The van der Waals surface area contributed by atoms with Crippen LogP contribution >= 0.6 is 11.3 Å². The molecular formula is C26H31N5S. The van der Waals surface area contributed by atoms with E-state index in [1.807, 2.05) is 17.9 Å². The van der Waals surface area contributed by atoms with E-state index in [9.17, 15) is 0 Å². The van der Waals surface area contributed by atoms with Crippen molar-refractivity contribution in [3.05, 3.63) is 66.7 Å². The first-order valence-corrected chi connectivity index (χ1v) is 12.4. The highest BCUT2D eigenvalue weighted by atomic mass is 32.1. The zero-order chi connectivity index (χ0) is 21.9. The van der Waals surface area contributed by atoms with Crippen molar-refractivity contribution in [2.75, 3.05) is 38.0 Å². The van der Waals surface area contributed by atoms with Crippen LogP contribution in [0.3, 0.4) is 0 Å². The molecule has 2 saturated heterocycles. The van der Waals surface area contributed by atoms with Gasteiger partial charge in [-0.15, -0.1) is 11.3 Å². The Hall–Kier alpha value is -2.70. The summed E-state index contributed by atoms with van der Waals surface area (Å²) in [5.74, 6) is 1.33. The summed E-state index contributed by atoms with van der Waals surface area (Å²) in [6.45, 7) is 14.3. The van der Waals surface area contributed by atoms with E-state index in [2.05, 4.69) is 62.5 Å². The van der Waals surface area contributed by atoms with Crippen molar-refractivity contribution in [1.29, 1.82) is 0 Å². The number of hydrogen-bond donors (Lipinski definition) is 1. The van der Waals surface area contributed by atoms with Gasteiger partial charge in [0.25, 0.3) is 0 Å². The number of aromatic nitrogens is 2. The SMILES string of the molecule is C=C(Nc1cc2cc(-c3cncs3)ccc2cn1)C1CCN(C(=C)CN2CCCC2)CC1. The molecule has 3 aromatic rings. The molecule has 5 rings (SSSR count). The predicted molar refractivity (Wildman–Crippen MR) is 135 cm³/mol. The van der Waals surface area contributed by atoms with Gasteiger partial charge in [0.15, 0.2) is 0 Å². The van der Waals surface area contributed by atoms with Crippen molar-refractivity contribution in [2.45, 2.75) is 25.7 Å². The summed E-state index contributed by atoms with van der Waals surface area (Å²) in [5.41, 5.74) is 5.41. The summed E-state index contributed by atoms with van der Waals surface area (Å²) in [5, 5.41) is 5.81. The summed E-state index contributed by atoms with van der Waals surface area (Å²) in [4.78, 5) is 15.0. The molecule has 0 saturated carbocycles. The van der Waals surface area contributed by atoms with Crippen LogP contribution in [0.1, 0.15) is 25.7 Å². The topological polar surface area (TPSA) is 44.3 Å². The molecule has 2 aromatic heterocycles. The molecule has 0 atom stereocenters. The van der Waals surface area contributed by atoms with E-state index in [4.69, 9.17) is 0 Å². The second-order valence-electron chi connectivity index (χ2n) is 8.96. The van der Waals surface area contributed by atoms with Crippen molar-refractivity contribution >= 4 is 27.9 Å². The lowest BCUT2D eigenvalue weighted by atomic mass is 9.93. The van der Waals surface area contributed by atoms with Crippen LogP contribution in [0.2, 0.25) is 0 Å². The fourth-order valence-electron chi connectivity index (χ4n) is 4.83. The minimum atomic E-state index is 0.465. The summed E-state index contributed by atoms with van der Waals surface area (Å²) in [6.07, 6.45) is 8.72. The fraction of sp³-hybridized carbons (Fsp3) is 0.385. The molecule has 2 aliphatic heterocycles. The Balaban J connectivity index is 1.19. The van der Waals surface area contributed by atoms with Crippen LogP contribution in [0, 0.1) is 5.92 Å². The number of pyridine rings is 1. The number of hydrogen-bond acceptors (Lipinski definition) is 6. The predicted octanol–water partition coefficient (Wildman–Crippen LogP) is 5.61. The number of allylic oxidation sites excluding steroid dienone is 1. The Kier molecular flexibility index (Phi) is 6.23. The van der Waals surface area contributed by atoms with Crippen LogP contribution in [0.25, 0.3) is 21.2 Å². The Morgan fingerprint density at radius 1 is 1.03 bits per heavy atom. The van der Waals surface area contributed by atoms with Gasteiger partial charge in [-0.05, 0) is 61.9 Å². The average molecular weight is 446 g/mol. The number of piperidine rings is 1. The Labute approximate surface area is 194 Å². The molecule has 4 heterocycles. The first-order chi connectivity index (χ1) is 15.7. The molecule has 1 aromatic carbocycles. The molecule has 5 nitrogen and oxygen atoms in total. The standard InChI is InChI=1S/C26H31N5S/c1-19(17-30-9-3-4-10-30)31-11-7-21(8-12-31)20(2)29-26-14-24-13-22(25-16-27-18-32-25)5-6-23(24)15-28-26/h5-6,13-16,18,21H,1-4,7-12,17H2,(H,28,29). The third-order valence-electron chi connectivity index (χ3n) is 6.77. The number of nitrogens with one attached hydrogen (secondary N) is 1. The summed E-state index contributed by atoms with van der Waals surface area (Å²) in [7, 11) is 0. The largest absolute Gasteiger partial charge is 0.374 e. The van der Waals surface area contributed by atoms with Crippen molar-refractivity contribution in [1.82, 2.24) is 19.8 Å². The maximum absolute atomic E-state index is 4.62. The molecule has 2 aliphatic rings. The Morgan fingerprint density at radius 3 is 2.59 bits per heavy atom. The zero-order valence-corrected chi connectivity index (χ0v) is 19.4. The lowest BCUT2D eigenvalue weighted by Crippen LogP contribution is -2.37. The lowest BCUT2D eigenvalue weighted by Gasteiger charge is -2.36. The minimum Gasteiger partial charge on any atom is -0.374 e. The first kappa shape index (κ1) is 21.2. The second-order valence-corrected chi connectivity index (χ2v) is 9.84. The quantitative estimate of drug-likeness (QED) is 0.512. The van der Waals surface area contributed by atoms with E-state index in [-0.39, 0.29) is 0 Å². The van der Waals surface area contributed by atoms with Gasteiger partial charge in [0.05, 0.1) is 10.4 Å². The van der Waals surface area contributed by atoms with Gasteiger partial charge in [-0.2, -0.15) is 0 Å². The highest BCUT2D eigenvalue weighted by Crippen LogP contribution is 2.30. The molecule has 1 N–H and O–H groups in total.